The molecule has 4 rings (SSSR count). The van der Waals surface area contributed by atoms with Crippen LogP contribution < -0.4 is 20.1 Å². The third kappa shape index (κ3) is 8.24. The minimum Gasteiger partial charge on any atom is -0.507 e. The highest BCUT2D eigenvalue weighted by Crippen LogP contribution is 2.32. The Morgan fingerprint density at radius 3 is 2.43 bits per heavy atom. The monoisotopic (exact) mass is 584 g/mol. The molecule has 0 spiro atoms. The molecule has 4 aromatic rings. The number of amides is 1. The second-order valence-electron chi connectivity index (χ2n) is 9.41. The molecule has 1 unspecified atom stereocenters. The number of imidazole rings is 1. The Balaban J connectivity index is 1.16. The second kappa shape index (κ2) is 13.9. The van der Waals surface area contributed by atoms with Crippen LogP contribution in [0.3, 0.4) is 0 Å². The van der Waals surface area contributed by atoms with E-state index in [0.29, 0.717) is 30.2 Å². The summed E-state index contributed by atoms with van der Waals surface area (Å²) in [5, 5.41) is 26.1. The summed E-state index contributed by atoms with van der Waals surface area (Å²) in [6.45, 7) is 1.17. The molecule has 0 radical (unpaired) electrons. The number of aromatic nitrogens is 2. The van der Waals surface area contributed by atoms with Gasteiger partial charge < -0.3 is 34.9 Å². The van der Waals surface area contributed by atoms with E-state index in [1.807, 2.05) is 30.3 Å². The van der Waals surface area contributed by atoms with Crippen LogP contribution in [0.25, 0.3) is 11.4 Å². The lowest BCUT2D eigenvalue weighted by Crippen LogP contribution is -2.33. The van der Waals surface area contributed by atoms with Gasteiger partial charge in [-0.1, -0.05) is 30.3 Å². The van der Waals surface area contributed by atoms with Gasteiger partial charge in [-0.2, -0.15) is 13.2 Å². The van der Waals surface area contributed by atoms with Gasteiger partial charge in [0.05, 0.1) is 11.8 Å². The SMILES string of the molecule is Cn1c(C(F)(F)F)cnc1-c1ccc(OCC(O)CNCCOc2ccc(O)c(C(=O)NCc3ccccc3)c2)cc1. The number of halogens is 3. The van der Waals surface area contributed by atoms with Crippen LogP contribution in [0.1, 0.15) is 21.6 Å². The zero-order chi connectivity index (χ0) is 30.1. The molecular weight excluding hydrogens is 553 g/mol. The number of carbonyl (C=O) groups is 1. The molecule has 4 N–H and O–H groups in total. The van der Waals surface area contributed by atoms with E-state index in [2.05, 4.69) is 15.6 Å². The van der Waals surface area contributed by atoms with E-state index < -0.39 is 23.9 Å². The molecule has 3 aromatic carbocycles. The average Bonchev–Trinajstić information content (AvgIpc) is 3.38. The molecule has 1 aromatic heterocycles. The predicted octanol–water partition coefficient (Wildman–Crippen LogP) is 4.15. The molecule has 222 valence electrons. The number of alkyl halides is 3. The van der Waals surface area contributed by atoms with E-state index in [-0.39, 0.29) is 36.9 Å². The maximum absolute atomic E-state index is 13.0. The van der Waals surface area contributed by atoms with Crippen molar-refractivity contribution in [3.63, 3.8) is 0 Å². The summed E-state index contributed by atoms with van der Waals surface area (Å²) in [7, 11) is 1.30. The number of hydrogen-bond donors (Lipinski definition) is 4. The molecule has 1 amide bonds. The molecule has 1 atom stereocenters. The smallest absolute Gasteiger partial charge is 0.433 e. The highest BCUT2D eigenvalue weighted by molar-refractivity contribution is 5.97. The molecule has 0 fully saturated rings. The lowest BCUT2D eigenvalue weighted by molar-refractivity contribution is -0.143. The van der Waals surface area contributed by atoms with Gasteiger partial charge in [-0.15, -0.1) is 0 Å². The predicted molar refractivity (Wildman–Crippen MR) is 149 cm³/mol. The number of aliphatic hydroxyl groups is 1. The molecule has 0 aliphatic carbocycles. The number of nitrogens with one attached hydrogen (secondary N) is 2. The fraction of sp³-hybridized carbons (Fsp3) is 0.267. The van der Waals surface area contributed by atoms with Crippen LogP contribution in [-0.2, 0) is 19.8 Å². The minimum atomic E-state index is -4.49. The third-order valence-corrected chi connectivity index (χ3v) is 6.27. The first-order valence-corrected chi connectivity index (χ1v) is 13.1. The van der Waals surface area contributed by atoms with Crippen LogP contribution >= 0.6 is 0 Å². The molecule has 0 aliphatic rings. The summed E-state index contributed by atoms with van der Waals surface area (Å²) in [6.07, 6.45) is -4.53. The van der Waals surface area contributed by atoms with Gasteiger partial charge in [0.1, 0.15) is 48.1 Å². The van der Waals surface area contributed by atoms with E-state index in [1.54, 1.807) is 30.3 Å². The minimum absolute atomic E-state index is 0.00670. The number of aliphatic hydroxyl groups excluding tert-OH is 1. The molecule has 0 saturated heterocycles. The molecule has 12 heteroatoms. The molecule has 0 saturated carbocycles. The number of hydrogen-bond acceptors (Lipinski definition) is 7. The summed E-state index contributed by atoms with van der Waals surface area (Å²) in [5.41, 5.74) is 0.688. The average molecular weight is 585 g/mol. The number of phenols is 1. The zero-order valence-electron chi connectivity index (χ0n) is 22.8. The lowest BCUT2D eigenvalue weighted by Gasteiger charge is -2.14. The highest BCUT2D eigenvalue weighted by atomic mass is 19.4. The highest BCUT2D eigenvalue weighted by Gasteiger charge is 2.35. The van der Waals surface area contributed by atoms with Crippen molar-refractivity contribution in [3.05, 3.63) is 95.8 Å². The van der Waals surface area contributed by atoms with Gasteiger partial charge in [-0.3, -0.25) is 4.79 Å². The van der Waals surface area contributed by atoms with Crippen LogP contribution in [0.5, 0.6) is 17.2 Å². The van der Waals surface area contributed by atoms with Gasteiger partial charge in [0, 0.05) is 32.2 Å². The van der Waals surface area contributed by atoms with Crippen molar-refractivity contribution in [2.45, 2.75) is 18.8 Å². The Hall–Kier alpha value is -4.55. The van der Waals surface area contributed by atoms with Gasteiger partial charge in [-0.25, -0.2) is 4.98 Å². The van der Waals surface area contributed by atoms with Crippen molar-refractivity contribution in [2.75, 3.05) is 26.3 Å². The zero-order valence-corrected chi connectivity index (χ0v) is 22.8. The van der Waals surface area contributed by atoms with Crippen molar-refractivity contribution >= 4 is 5.91 Å². The molecule has 42 heavy (non-hydrogen) atoms. The fourth-order valence-electron chi connectivity index (χ4n) is 4.06. The van der Waals surface area contributed by atoms with Crippen LogP contribution in [0.4, 0.5) is 13.2 Å². The van der Waals surface area contributed by atoms with E-state index in [4.69, 9.17) is 9.47 Å². The van der Waals surface area contributed by atoms with Gasteiger partial charge in [0.25, 0.3) is 5.91 Å². The van der Waals surface area contributed by atoms with Crippen molar-refractivity contribution in [3.8, 4) is 28.6 Å². The normalized spacial score (nSPS) is 12.1. The Morgan fingerprint density at radius 2 is 1.74 bits per heavy atom. The Morgan fingerprint density at radius 1 is 1.02 bits per heavy atom. The van der Waals surface area contributed by atoms with E-state index in [9.17, 15) is 28.2 Å². The summed E-state index contributed by atoms with van der Waals surface area (Å²) in [4.78, 5) is 16.4. The van der Waals surface area contributed by atoms with Crippen LogP contribution in [0, 0.1) is 0 Å². The van der Waals surface area contributed by atoms with Gasteiger partial charge in [0.15, 0.2) is 0 Å². The van der Waals surface area contributed by atoms with Crippen molar-refractivity contribution in [2.24, 2.45) is 7.05 Å². The van der Waals surface area contributed by atoms with Gasteiger partial charge in [0.2, 0.25) is 0 Å². The number of carbonyl (C=O) groups excluding carboxylic acids is 1. The maximum Gasteiger partial charge on any atom is 0.433 e. The van der Waals surface area contributed by atoms with Crippen LogP contribution in [-0.4, -0.2) is 58.1 Å². The number of phenolic OH excluding ortho intramolecular Hbond substituents is 1. The first kappa shape index (κ1) is 30.4. The standard InChI is InChI=1S/C30H31F3N4O5/c1-37-27(30(31,32)33)18-35-28(37)21-7-9-23(10-8-21)42-19-22(38)17-34-13-14-41-24-11-12-26(39)25(15-24)29(40)36-16-20-5-3-2-4-6-20/h2-12,15,18,22,34,38-39H,13-14,16-17,19H2,1H3,(H,36,40). The van der Waals surface area contributed by atoms with Crippen LogP contribution in [0.15, 0.2) is 79.0 Å². The third-order valence-electron chi connectivity index (χ3n) is 6.27. The Kier molecular flexibility index (Phi) is 10.0. The van der Waals surface area contributed by atoms with E-state index in [0.717, 1.165) is 16.3 Å². The Bertz CT molecular complexity index is 1460. The largest absolute Gasteiger partial charge is 0.507 e. The molecular formula is C30H31F3N4O5. The van der Waals surface area contributed by atoms with Crippen molar-refractivity contribution in [1.29, 1.82) is 0 Å². The van der Waals surface area contributed by atoms with Gasteiger partial charge >= 0.3 is 6.18 Å². The summed E-state index contributed by atoms with van der Waals surface area (Å²) in [5.74, 6) is 0.449. The number of aromatic hydroxyl groups is 1. The van der Waals surface area contributed by atoms with Gasteiger partial charge in [-0.05, 0) is 48.0 Å². The first-order chi connectivity index (χ1) is 20.1. The van der Waals surface area contributed by atoms with E-state index >= 15 is 0 Å². The summed E-state index contributed by atoms with van der Waals surface area (Å²) >= 11 is 0. The number of rotatable bonds is 13. The molecule has 9 nitrogen and oxygen atoms in total. The Labute approximate surface area is 240 Å². The second-order valence-corrected chi connectivity index (χ2v) is 9.41. The summed E-state index contributed by atoms with van der Waals surface area (Å²) in [6, 6.07) is 20.2. The summed E-state index contributed by atoms with van der Waals surface area (Å²) < 4.78 is 51.3. The fourth-order valence-corrected chi connectivity index (χ4v) is 4.06. The maximum atomic E-state index is 13.0. The molecule has 0 aliphatic heterocycles. The number of nitrogens with zero attached hydrogens (tertiary/aromatic N) is 2. The number of ether oxygens (including phenoxy) is 2. The quantitative estimate of drug-likeness (QED) is 0.175. The topological polar surface area (TPSA) is 118 Å². The number of benzene rings is 3. The molecule has 1 heterocycles. The van der Waals surface area contributed by atoms with Crippen molar-refractivity contribution < 1.29 is 37.7 Å². The molecule has 0 bridgehead atoms. The first-order valence-electron chi connectivity index (χ1n) is 13.1. The lowest BCUT2D eigenvalue weighted by atomic mass is 10.1. The van der Waals surface area contributed by atoms with Crippen molar-refractivity contribution in [1.82, 2.24) is 20.2 Å². The van der Waals surface area contributed by atoms with E-state index in [1.165, 1.54) is 19.2 Å². The van der Waals surface area contributed by atoms with Crippen LogP contribution in [0.2, 0.25) is 0 Å².